The number of rotatable bonds is 10. The molecule has 0 saturated heterocycles. The highest BCUT2D eigenvalue weighted by molar-refractivity contribution is 7.89. The fourth-order valence-corrected chi connectivity index (χ4v) is 3.80. The minimum absolute atomic E-state index is 0.0565. The highest BCUT2D eigenvalue weighted by Crippen LogP contribution is 2.25. The van der Waals surface area contributed by atoms with Crippen molar-refractivity contribution in [2.75, 3.05) is 27.2 Å². The van der Waals surface area contributed by atoms with Crippen molar-refractivity contribution in [2.24, 2.45) is 0 Å². The summed E-state index contributed by atoms with van der Waals surface area (Å²) in [7, 11) is -0.506. The zero-order chi connectivity index (χ0) is 23.9. The first kappa shape index (κ1) is 25.7. The lowest BCUT2D eigenvalue weighted by atomic mass is 9.87. The molecule has 0 bridgehead atoms. The lowest BCUT2D eigenvalue weighted by Crippen LogP contribution is -2.39. The lowest BCUT2D eigenvalue weighted by Gasteiger charge is -2.21. The third kappa shape index (κ3) is 6.97. The zero-order valence-corrected chi connectivity index (χ0v) is 20.5. The van der Waals surface area contributed by atoms with Gasteiger partial charge in [0.05, 0.1) is 11.4 Å². The van der Waals surface area contributed by atoms with Gasteiger partial charge in [0.1, 0.15) is 18.1 Å². The molecule has 0 aliphatic rings. The molecule has 1 N–H and O–H groups in total. The highest BCUT2D eigenvalue weighted by atomic mass is 32.2. The van der Waals surface area contributed by atoms with E-state index in [-0.39, 0.29) is 22.8 Å². The van der Waals surface area contributed by atoms with Crippen LogP contribution in [0.25, 0.3) is 0 Å². The van der Waals surface area contributed by atoms with Crippen LogP contribution in [0, 0.1) is 0 Å². The summed E-state index contributed by atoms with van der Waals surface area (Å²) in [6.45, 7) is 8.89. The number of carbonyl (C=O) groups is 1. The van der Waals surface area contributed by atoms with Crippen LogP contribution in [0.3, 0.4) is 0 Å². The van der Waals surface area contributed by atoms with Crippen molar-refractivity contribution in [1.29, 1.82) is 0 Å². The molecule has 0 heterocycles. The number of amides is 1. The van der Waals surface area contributed by atoms with Crippen LogP contribution in [0.4, 0.5) is 0 Å². The van der Waals surface area contributed by atoms with Gasteiger partial charge in [-0.05, 0) is 53.8 Å². The topological polar surface area (TPSA) is 84.9 Å². The van der Waals surface area contributed by atoms with E-state index in [1.807, 2.05) is 31.2 Å². The minimum atomic E-state index is -3.47. The molecule has 2 rings (SSSR count). The average molecular weight is 463 g/mol. The molecular weight excluding hydrogens is 428 g/mol. The standard InChI is InChI=1S/C24H34N2O5S/c1-7-22(31-20-10-8-18(9-11-20)24(2,3)4)23(27)25-16-17-30-19-12-14-21(15-13-19)32(28,29)26(5)6/h8-15,22H,7,16-17H2,1-6H3,(H,25,27)/t22-/m0/s1. The van der Waals surface area contributed by atoms with E-state index in [0.717, 1.165) is 4.31 Å². The molecule has 0 radical (unpaired) electrons. The van der Waals surface area contributed by atoms with Gasteiger partial charge in [-0.15, -0.1) is 0 Å². The second-order valence-electron chi connectivity index (χ2n) is 8.69. The largest absolute Gasteiger partial charge is 0.492 e. The molecule has 176 valence electrons. The summed E-state index contributed by atoms with van der Waals surface area (Å²) in [6, 6.07) is 14.0. The Labute approximate surface area is 191 Å². The first-order valence-electron chi connectivity index (χ1n) is 10.7. The van der Waals surface area contributed by atoms with Gasteiger partial charge >= 0.3 is 0 Å². The van der Waals surface area contributed by atoms with Gasteiger partial charge in [-0.1, -0.05) is 39.8 Å². The van der Waals surface area contributed by atoms with Crippen LogP contribution in [0.5, 0.6) is 11.5 Å². The van der Waals surface area contributed by atoms with Crippen LogP contribution in [-0.4, -0.2) is 52.0 Å². The Balaban J connectivity index is 1.82. The van der Waals surface area contributed by atoms with Crippen LogP contribution in [0.15, 0.2) is 53.4 Å². The van der Waals surface area contributed by atoms with Crippen LogP contribution < -0.4 is 14.8 Å². The zero-order valence-electron chi connectivity index (χ0n) is 19.7. The third-order valence-electron chi connectivity index (χ3n) is 4.93. The van der Waals surface area contributed by atoms with Crippen molar-refractivity contribution in [2.45, 2.75) is 50.5 Å². The van der Waals surface area contributed by atoms with E-state index >= 15 is 0 Å². The Kier molecular flexibility index (Phi) is 8.69. The number of nitrogens with zero attached hydrogens (tertiary/aromatic N) is 1. The smallest absolute Gasteiger partial charge is 0.261 e. The first-order chi connectivity index (χ1) is 14.9. The van der Waals surface area contributed by atoms with Gasteiger partial charge in [0.15, 0.2) is 6.10 Å². The van der Waals surface area contributed by atoms with Gasteiger partial charge in [0, 0.05) is 14.1 Å². The molecule has 1 amide bonds. The summed E-state index contributed by atoms with van der Waals surface area (Å²) in [6.07, 6.45) is -0.0544. The molecular formula is C24H34N2O5S. The van der Waals surface area contributed by atoms with Gasteiger partial charge in [0.25, 0.3) is 5.91 Å². The third-order valence-corrected chi connectivity index (χ3v) is 6.76. The minimum Gasteiger partial charge on any atom is -0.492 e. The summed E-state index contributed by atoms with van der Waals surface area (Å²) in [5.74, 6) is 0.978. The van der Waals surface area contributed by atoms with Crippen LogP contribution in [0.2, 0.25) is 0 Å². The van der Waals surface area contributed by atoms with E-state index in [9.17, 15) is 13.2 Å². The van der Waals surface area contributed by atoms with Crippen molar-refractivity contribution in [3.63, 3.8) is 0 Å². The number of hydrogen-bond acceptors (Lipinski definition) is 5. The Hall–Kier alpha value is -2.58. The fraction of sp³-hybridized carbons (Fsp3) is 0.458. The normalized spacial score (nSPS) is 13.0. The van der Waals surface area contributed by atoms with E-state index in [1.165, 1.54) is 31.8 Å². The summed E-state index contributed by atoms with van der Waals surface area (Å²) in [5, 5.41) is 2.82. The van der Waals surface area contributed by atoms with Crippen molar-refractivity contribution in [3.8, 4) is 11.5 Å². The molecule has 0 fully saturated rings. The highest BCUT2D eigenvalue weighted by Gasteiger charge is 2.19. The Bertz CT molecular complexity index is 979. The van der Waals surface area contributed by atoms with Crippen molar-refractivity contribution >= 4 is 15.9 Å². The number of ether oxygens (including phenoxy) is 2. The molecule has 2 aromatic rings. The number of carbonyl (C=O) groups excluding carboxylic acids is 1. The fourth-order valence-electron chi connectivity index (χ4n) is 2.90. The molecule has 2 aromatic carbocycles. The second kappa shape index (κ2) is 10.8. The molecule has 0 spiro atoms. The molecule has 0 aromatic heterocycles. The molecule has 32 heavy (non-hydrogen) atoms. The number of nitrogens with one attached hydrogen (secondary N) is 1. The van der Waals surface area contributed by atoms with E-state index in [0.29, 0.717) is 24.5 Å². The van der Waals surface area contributed by atoms with Crippen molar-refractivity contribution in [1.82, 2.24) is 9.62 Å². The van der Waals surface area contributed by atoms with E-state index in [4.69, 9.17) is 9.47 Å². The number of sulfonamides is 1. The van der Waals surface area contributed by atoms with Crippen LogP contribution in [0.1, 0.15) is 39.7 Å². The van der Waals surface area contributed by atoms with Gasteiger partial charge < -0.3 is 14.8 Å². The molecule has 0 aliphatic carbocycles. The van der Waals surface area contributed by atoms with Gasteiger partial charge in [-0.3, -0.25) is 4.79 Å². The number of hydrogen-bond donors (Lipinski definition) is 1. The van der Waals surface area contributed by atoms with Crippen LogP contribution >= 0.6 is 0 Å². The van der Waals surface area contributed by atoms with Crippen molar-refractivity contribution < 1.29 is 22.7 Å². The maximum absolute atomic E-state index is 12.5. The molecule has 0 aliphatic heterocycles. The summed E-state index contributed by atoms with van der Waals surface area (Å²) >= 11 is 0. The monoisotopic (exact) mass is 462 g/mol. The number of benzene rings is 2. The predicted molar refractivity (Wildman–Crippen MR) is 126 cm³/mol. The molecule has 0 saturated carbocycles. The quantitative estimate of drug-likeness (QED) is 0.546. The molecule has 1 atom stereocenters. The molecule has 7 nitrogen and oxygen atoms in total. The Morgan fingerprint density at radius 1 is 1.00 bits per heavy atom. The molecule has 0 unspecified atom stereocenters. The Morgan fingerprint density at radius 3 is 2.06 bits per heavy atom. The second-order valence-corrected chi connectivity index (χ2v) is 10.8. The van der Waals surface area contributed by atoms with E-state index < -0.39 is 16.1 Å². The van der Waals surface area contributed by atoms with Gasteiger partial charge in [-0.25, -0.2) is 12.7 Å². The van der Waals surface area contributed by atoms with E-state index in [2.05, 4.69) is 26.1 Å². The van der Waals surface area contributed by atoms with Gasteiger partial charge in [-0.2, -0.15) is 0 Å². The predicted octanol–water partition coefficient (Wildman–Crippen LogP) is 3.59. The lowest BCUT2D eigenvalue weighted by molar-refractivity contribution is -0.128. The maximum atomic E-state index is 12.5. The van der Waals surface area contributed by atoms with E-state index in [1.54, 1.807) is 12.1 Å². The molecule has 8 heteroatoms. The van der Waals surface area contributed by atoms with Crippen molar-refractivity contribution in [3.05, 3.63) is 54.1 Å². The SMILES string of the molecule is CC[C@H](Oc1ccc(C(C)(C)C)cc1)C(=O)NCCOc1ccc(S(=O)(=O)N(C)C)cc1. The van der Waals surface area contributed by atoms with Crippen LogP contribution in [-0.2, 0) is 20.2 Å². The maximum Gasteiger partial charge on any atom is 0.261 e. The van der Waals surface area contributed by atoms with Gasteiger partial charge in [0.2, 0.25) is 10.0 Å². The average Bonchev–Trinajstić information content (AvgIpc) is 2.74. The summed E-state index contributed by atoms with van der Waals surface area (Å²) < 4.78 is 36.8. The summed E-state index contributed by atoms with van der Waals surface area (Å²) in [4.78, 5) is 12.7. The summed E-state index contributed by atoms with van der Waals surface area (Å²) in [5.41, 5.74) is 1.26. The Morgan fingerprint density at radius 2 is 1.56 bits per heavy atom. The first-order valence-corrected chi connectivity index (χ1v) is 12.1.